The highest BCUT2D eigenvalue weighted by Gasteiger charge is 2.19. The molecule has 0 saturated carbocycles. The van der Waals surface area contributed by atoms with Crippen molar-refractivity contribution in [2.45, 2.75) is 0 Å². The highest BCUT2D eigenvalue weighted by atomic mass is 16.3. The lowest BCUT2D eigenvalue weighted by Crippen LogP contribution is -2.00. The summed E-state index contributed by atoms with van der Waals surface area (Å²) in [5.74, 6) is 1.81. The number of nitrogens with zero attached hydrogens (tertiary/aromatic N) is 3. The Labute approximate surface area is 287 Å². The fraction of sp³-hybridized carbons (Fsp3) is 0. The molecule has 5 heteroatoms. The Morgan fingerprint density at radius 2 is 0.800 bits per heavy atom. The van der Waals surface area contributed by atoms with E-state index in [2.05, 4.69) is 84.9 Å². The first-order chi connectivity index (χ1) is 24.8. The minimum atomic E-state index is 0.595. The quantitative estimate of drug-likeness (QED) is 0.187. The predicted octanol–water partition coefficient (Wildman–Crippen LogP) is 12.0. The zero-order valence-corrected chi connectivity index (χ0v) is 26.7. The first-order valence-corrected chi connectivity index (χ1v) is 16.6. The maximum atomic E-state index is 6.40. The average molecular weight is 642 g/mol. The minimum Gasteiger partial charge on any atom is -0.456 e. The number of rotatable bonds is 5. The summed E-state index contributed by atoms with van der Waals surface area (Å²) in [6.07, 6.45) is 0. The van der Waals surface area contributed by atoms with Gasteiger partial charge in [0, 0.05) is 38.2 Å². The number of benzene rings is 7. The van der Waals surface area contributed by atoms with Crippen LogP contribution in [0.15, 0.2) is 173 Å². The molecule has 0 atom stereocenters. The molecule has 0 aliphatic carbocycles. The van der Waals surface area contributed by atoms with E-state index in [-0.39, 0.29) is 0 Å². The van der Waals surface area contributed by atoms with E-state index in [1.165, 1.54) is 0 Å². The van der Waals surface area contributed by atoms with E-state index < -0.39 is 0 Å². The van der Waals surface area contributed by atoms with Crippen LogP contribution in [0.25, 0.3) is 100 Å². The molecule has 10 rings (SSSR count). The Kier molecular flexibility index (Phi) is 6.42. The lowest BCUT2D eigenvalue weighted by atomic mass is 9.94. The van der Waals surface area contributed by atoms with E-state index >= 15 is 0 Å². The summed E-state index contributed by atoms with van der Waals surface area (Å²) in [4.78, 5) is 15.1. The van der Waals surface area contributed by atoms with Gasteiger partial charge >= 0.3 is 0 Å². The number of hydrogen-bond donors (Lipinski definition) is 0. The molecule has 0 aliphatic heterocycles. The third kappa shape index (κ3) is 4.67. The van der Waals surface area contributed by atoms with E-state index in [1.807, 2.05) is 78.9 Å². The summed E-state index contributed by atoms with van der Waals surface area (Å²) in [5.41, 5.74) is 10.5. The van der Waals surface area contributed by atoms with Gasteiger partial charge in [-0.3, -0.25) is 0 Å². The maximum absolute atomic E-state index is 6.40. The van der Waals surface area contributed by atoms with Crippen molar-refractivity contribution in [3.05, 3.63) is 164 Å². The van der Waals surface area contributed by atoms with Gasteiger partial charge in [-0.25, -0.2) is 15.0 Å². The summed E-state index contributed by atoms with van der Waals surface area (Å²) in [5, 5.41) is 4.26. The highest BCUT2D eigenvalue weighted by molar-refractivity contribution is 6.14. The van der Waals surface area contributed by atoms with Crippen molar-refractivity contribution >= 4 is 43.9 Å². The second-order valence-corrected chi connectivity index (χ2v) is 12.4. The van der Waals surface area contributed by atoms with Crippen molar-refractivity contribution in [3.63, 3.8) is 0 Å². The number of hydrogen-bond acceptors (Lipinski definition) is 5. The molecule has 0 N–H and O–H groups in total. The van der Waals surface area contributed by atoms with Gasteiger partial charge in [-0.2, -0.15) is 0 Å². The molecule has 50 heavy (non-hydrogen) atoms. The van der Waals surface area contributed by atoms with Crippen LogP contribution in [-0.4, -0.2) is 15.0 Å². The van der Waals surface area contributed by atoms with Gasteiger partial charge in [0.15, 0.2) is 17.5 Å². The third-order valence-corrected chi connectivity index (χ3v) is 9.35. The average Bonchev–Trinajstić information content (AvgIpc) is 3.77. The molecular formula is C45H27N3O2. The zero-order chi connectivity index (χ0) is 33.0. The van der Waals surface area contributed by atoms with E-state index in [4.69, 9.17) is 23.8 Å². The molecule has 10 aromatic rings. The standard InChI is InChI=1S/C45H27N3O2/c1-3-12-29(13-4-1)36-26-32(27-40-42(36)34-17-8-10-20-38(34)50-40)28-22-24-31(25-23-28)44-46-43(30-14-5-2-6-15-30)47-45(48-44)35-18-11-21-39-41(35)33-16-7-9-19-37(33)49-39/h1-27H. The maximum Gasteiger partial charge on any atom is 0.164 e. The number of aromatic nitrogens is 3. The zero-order valence-electron chi connectivity index (χ0n) is 26.7. The Balaban J connectivity index is 1.12. The van der Waals surface area contributed by atoms with Crippen LogP contribution in [0.2, 0.25) is 0 Å². The molecule has 0 aliphatic rings. The molecule has 5 nitrogen and oxygen atoms in total. The van der Waals surface area contributed by atoms with E-state index in [0.717, 1.165) is 82.8 Å². The molecule has 0 unspecified atom stereocenters. The number of para-hydroxylation sites is 2. The summed E-state index contributed by atoms with van der Waals surface area (Å²) in [7, 11) is 0. The molecule has 0 spiro atoms. The molecule has 0 amide bonds. The molecule has 0 saturated heterocycles. The van der Waals surface area contributed by atoms with Crippen LogP contribution in [-0.2, 0) is 0 Å². The molecule has 7 aromatic carbocycles. The topological polar surface area (TPSA) is 65.0 Å². The van der Waals surface area contributed by atoms with E-state index in [1.54, 1.807) is 0 Å². The minimum absolute atomic E-state index is 0.595. The Morgan fingerprint density at radius 1 is 0.300 bits per heavy atom. The van der Waals surface area contributed by atoms with Gasteiger partial charge in [0.1, 0.15) is 22.3 Å². The van der Waals surface area contributed by atoms with Crippen molar-refractivity contribution < 1.29 is 8.83 Å². The van der Waals surface area contributed by atoms with Gasteiger partial charge < -0.3 is 8.83 Å². The van der Waals surface area contributed by atoms with Crippen molar-refractivity contribution in [1.82, 2.24) is 15.0 Å². The Bertz CT molecular complexity index is 2850. The molecule has 0 fully saturated rings. The smallest absolute Gasteiger partial charge is 0.164 e. The SMILES string of the molecule is c1ccc(-c2nc(-c3ccc(-c4cc(-c5ccccc5)c5c(c4)oc4ccccc45)cc3)nc(-c3cccc4oc5ccccc5c34)n2)cc1. The van der Waals surface area contributed by atoms with Gasteiger partial charge in [0.2, 0.25) is 0 Å². The van der Waals surface area contributed by atoms with Crippen LogP contribution in [0.3, 0.4) is 0 Å². The number of fused-ring (bicyclic) bond motifs is 6. The van der Waals surface area contributed by atoms with Crippen LogP contribution < -0.4 is 0 Å². The fourth-order valence-corrected chi connectivity index (χ4v) is 6.98. The summed E-state index contributed by atoms with van der Waals surface area (Å²) < 4.78 is 12.6. The third-order valence-electron chi connectivity index (χ3n) is 9.35. The fourth-order valence-electron chi connectivity index (χ4n) is 6.98. The molecule has 234 valence electrons. The lowest BCUT2D eigenvalue weighted by molar-refractivity contribution is 0.668. The largest absolute Gasteiger partial charge is 0.456 e. The predicted molar refractivity (Wildman–Crippen MR) is 202 cm³/mol. The van der Waals surface area contributed by atoms with Crippen LogP contribution >= 0.6 is 0 Å². The first-order valence-electron chi connectivity index (χ1n) is 16.6. The van der Waals surface area contributed by atoms with Crippen LogP contribution in [0.4, 0.5) is 0 Å². The highest BCUT2D eigenvalue weighted by Crippen LogP contribution is 2.41. The van der Waals surface area contributed by atoms with Gasteiger partial charge in [0.05, 0.1) is 0 Å². The summed E-state index contributed by atoms with van der Waals surface area (Å²) in [6, 6.07) is 55.7. The Morgan fingerprint density at radius 3 is 1.48 bits per heavy atom. The normalized spacial score (nSPS) is 11.6. The lowest BCUT2D eigenvalue weighted by Gasteiger charge is -2.11. The monoisotopic (exact) mass is 641 g/mol. The molecule has 3 aromatic heterocycles. The van der Waals surface area contributed by atoms with Crippen LogP contribution in [0, 0.1) is 0 Å². The van der Waals surface area contributed by atoms with Crippen molar-refractivity contribution in [1.29, 1.82) is 0 Å². The number of furan rings is 2. The molecule has 3 heterocycles. The first kappa shape index (κ1) is 28.2. The van der Waals surface area contributed by atoms with E-state index in [0.29, 0.717) is 17.5 Å². The van der Waals surface area contributed by atoms with Gasteiger partial charge in [-0.1, -0.05) is 133 Å². The van der Waals surface area contributed by atoms with Crippen molar-refractivity contribution in [2.24, 2.45) is 0 Å². The van der Waals surface area contributed by atoms with Crippen LogP contribution in [0.5, 0.6) is 0 Å². The van der Waals surface area contributed by atoms with Crippen molar-refractivity contribution in [2.75, 3.05) is 0 Å². The second-order valence-electron chi connectivity index (χ2n) is 12.4. The van der Waals surface area contributed by atoms with Gasteiger partial charge in [-0.05, 0) is 52.6 Å². The van der Waals surface area contributed by atoms with Gasteiger partial charge in [0.25, 0.3) is 0 Å². The van der Waals surface area contributed by atoms with E-state index in [9.17, 15) is 0 Å². The summed E-state index contributed by atoms with van der Waals surface area (Å²) in [6.45, 7) is 0. The molecule has 0 radical (unpaired) electrons. The second kappa shape index (κ2) is 11.4. The van der Waals surface area contributed by atoms with Gasteiger partial charge in [-0.15, -0.1) is 0 Å². The van der Waals surface area contributed by atoms with Crippen molar-refractivity contribution in [3.8, 4) is 56.4 Å². The molecular weight excluding hydrogens is 615 g/mol. The summed E-state index contributed by atoms with van der Waals surface area (Å²) >= 11 is 0. The Hall–Kier alpha value is -6.85. The molecule has 0 bridgehead atoms. The van der Waals surface area contributed by atoms with Crippen LogP contribution in [0.1, 0.15) is 0 Å².